The monoisotopic (exact) mass is 202 g/mol. The molecule has 0 heteroatoms. The number of benzene rings is 1. The molecular formula is C15H22. The summed E-state index contributed by atoms with van der Waals surface area (Å²) >= 11 is 0. The Kier molecular flexibility index (Phi) is 5.17. The van der Waals surface area contributed by atoms with Crippen molar-refractivity contribution in [2.45, 2.75) is 46.0 Å². The molecule has 1 aromatic carbocycles. The van der Waals surface area contributed by atoms with Gasteiger partial charge in [-0.1, -0.05) is 51.0 Å². The van der Waals surface area contributed by atoms with E-state index in [1.807, 2.05) is 6.08 Å². The summed E-state index contributed by atoms with van der Waals surface area (Å²) in [6.45, 7) is 8.30. The largest absolute Gasteiger partial charge is 0.103 e. The maximum atomic E-state index is 3.83. The Morgan fingerprint density at radius 2 is 1.80 bits per heavy atom. The lowest BCUT2D eigenvalue weighted by Crippen LogP contribution is -1.95. The van der Waals surface area contributed by atoms with Gasteiger partial charge in [-0.15, -0.1) is 6.58 Å². The standard InChI is InChI=1S/C15H22/c1-4-7-13-10-11-14(8-5-2)15(12-13)9-6-3/h6,10-12H,3-5,7-9H2,1-2H3. The molecule has 1 aromatic rings. The summed E-state index contributed by atoms with van der Waals surface area (Å²) in [7, 11) is 0. The summed E-state index contributed by atoms with van der Waals surface area (Å²) in [6.07, 6.45) is 7.83. The predicted octanol–water partition coefficient (Wildman–Crippen LogP) is 4.32. The van der Waals surface area contributed by atoms with Crippen molar-refractivity contribution in [1.29, 1.82) is 0 Å². The smallest absolute Gasteiger partial charge is 0.00973 e. The Morgan fingerprint density at radius 3 is 2.40 bits per heavy atom. The third-order valence-electron chi connectivity index (χ3n) is 2.69. The van der Waals surface area contributed by atoms with Crippen LogP contribution in [0.1, 0.15) is 43.4 Å². The highest BCUT2D eigenvalue weighted by Crippen LogP contribution is 2.16. The van der Waals surface area contributed by atoms with E-state index < -0.39 is 0 Å². The number of aryl methyl sites for hydroxylation is 2. The fourth-order valence-corrected chi connectivity index (χ4v) is 1.98. The van der Waals surface area contributed by atoms with Crippen LogP contribution >= 0.6 is 0 Å². The third kappa shape index (κ3) is 3.54. The van der Waals surface area contributed by atoms with Gasteiger partial charge in [-0.05, 0) is 36.0 Å². The van der Waals surface area contributed by atoms with E-state index in [-0.39, 0.29) is 0 Å². The maximum Gasteiger partial charge on any atom is -0.00973 e. The molecule has 0 atom stereocenters. The van der Waals surface area contributed by atoms with Gasteiger partial charge in [0, 0.05) is 0 Å². The Labute approximate surface area is 94.0 Å². The van der Waals surface area contributed by atoms with Gasteiger partial charge in [0.05, 0.1) is 0 Å². The second-order valence-corrected chi connectivity index (χ2v) is 4.10. The lowest BCUT2D eigenvalue weighted by atomic mass is 9.96. The molecule has 0 saturated carbocycles. The van der Waals surface area contributed by atoms with Gasteiger partial charge in [-0.3, -0.25) is 0 Å². The van der Waals surface area contributed by atoms with Crippen LogP contribution in [-0.2, 0) is 19.3 Å². The Hall–Kier alpha value is -1.04. The minimum atomic E-state index is 1.01. The molecule has 0 bridgehead atoms. The zero-order valence-corrected chi connectivity index (χ0v) is 10.1. The molecule has 82 valence electrons. The van der Waals surface area contributed by atoms with Crippen LogP contribution in [0.25, 0.3) is 0 Å². The summed E-state index contributed by atoms with van der Waals surface area (Å²) in [4.78, 5) is 0. The molecule has 15 heavy (non-hydrogen) atoms. The zero-order valence-electron chi connectivity index (χ0n) is 10.1. The first-order chi connectivity index (χ1) is 7.31. The van der Waals surface area contributed by atoms with Crippen molar-refractivity contribution in [2.24, 2.45) is 0 Å². The van der Waals surface area contributed by atoms with Crippen LogP contribution in [0.5, 0.6) is 0 Å². The summed E-state index contributed by atoms with van der Waals surface area (Å²) in [5.74, 6) is 0. The van der Waals surface area contributed by atoms with E-state index in [9.17, 15) is 0 Å². The SMILES string of the molecule is C=CCc1cc(CCC)ccc1CCC. The van der Waals surface area contributed by atoms with Crippen molar-refractivity contribution in [3.05, 3.63) is 47.5 Å². The van der Waals surface area contributed by atoms with Gasteiger partial charge in [0.2, 0.25) is 0 Å². The molecule has 0 aliphatic rings. The second-order valence-electron chi connectivity index (χ2n) is 4.10. The van der Waals surface area contributed by atoms with E-state index >= 15 is 0 Å². The highest BCUT2D eigenvalue weighted by molar-refractivity contribution is 5.33. The first-order valence-electron chi connectivity index (χ1n) is 6.03. The van der Waals surface area contributed by atoms with Gasteiger partial charge in [-0.25, -0.2) is 0 Å². The van der Waals surface area contributed by atoms with E-state index in [0.29, 0.717) is 0 Å². The zero-order chi connectivity index (χ0) is 11.1. The summed E-state index contributed by atoms with van der Waals surface area (Å²) in [5.41, 5.74) is 4.43. The Bertz CT molecular complexity index is 310. The van der Waals surface area contributed by atoms with E-state index in [2.05, 4.69) is 38.6 Å². The molecule has 0 aliphatic heterocycles. The first-order valence-corrected chi connectivity index (χ1v) is 6.03. The minimum absolute atomic E-state index is 1.01. The van der Waals surface area contributed by atoms with Crippen molar-refractivity contribution in [3.63, 3.8) is 0 Å². The lowest BCUT2D eigenvalue weighted by Gasteiger charge is -2.09. The van der Waals surface area contributed by atoms with Crippen LogP contribution in [0.15, 0.2) is 30.9 Å². The molecule has 0 spiro atoms. The minimum Gasteiger partial charge on any atom is -0.103 e. The predicted molar refractivity (Wildman–Crippen MR) is 68.3 cm³/mol. The lowest BCUT2D eigenvalue weighted by molar-refractivity contribution is 0.889. The van der Waals surface area contributed by atoms with E-state index in [1.165, 1.54) is 42.4 Å². The molecule has 0 N–H and O–H groups in total. The molecule has 1 rings (SSSR count). The highest BCUT2D eigenvalue weighted by Gasteiger charge is 2.01. The molecule has 0 nitrogen and oxygen atoms in total. The molecular weight excluding hydrogens is 180 g/mol. The van der Waals surface area contributed by atoms with Crippen LogP contribution in [0, 0.1) is 0 Å². The van der Waals surface area contributed by atoms with Crippen molar-refractivity contribution >= 4 is 0 Å². The molecule has 0 amide bonds. The fourth-order valence-electron chi connectivity index (χ4n) is 1.98. The number of rotatable bonds is 6. The number of hydrogen-bond acceptors (Lipinski definition) is 0. The summed E-state index contributed by atoms with van der Waals surface area (Å²) in [5, 5.41) is 0. The van der Waals surface area contributed by atoms with Gasteiger partial charge in [0.25, 0.3) is 0 Å². The molecule has 0 fully saturated rings. The van der Waals surface area contributed by atoms with Gasteiger partial charge >= 0.3 is 0 Å². The van der Waals surface area contributed by atoms with Crippen LogP contribution in [0.2, 0.25) is 0 Å². The average molecular weight is 202 g/mol. The van der Waals surface area contributed by atoms with Crippen LogP contribution in [0.3, 0.4) is 0 Å². The molecule has 0 aromatic heterocycles. The topological polar surface area (TPSA) is 0 Å². The molecule has 0 saturated heterocycles. The van der Waals surface area contributed by atoms with E-state index in [1.54, 1.807) is 0 Å². The summed E-state index contributed by atoms with van der Waals surface area (Å²) in [6, 6.07) is 6.94. The molecule has 0 unspecified atom stereocenters. The van der Waals surface area contributed by atoms with E-state index in [4.69, 9.17) is 0 Å². The molecule has 0 heterocycles. The van der Waals surface area contributed by atoms with Gasteiger partial charge in [-0.2, -0.15) is 0 Å². The maximum absolute atomic E-state index is 3.83. The van der Waals surface area contributed by atoms with Gasteiger partial charge < -0.3 is 0 Å². The first kappa shape index (κ1) is 12.0. The van der Waals surface area contributed by atoms with Crippen LogP contribution in [-0.4, -0.2) is 0 Å². The normalized spacial score (nSPS) is 10.3. The Balaban J connectivity index is 2.91. The van der Waals surface area contributed by atoms with Crippen LogP contribution in [0.4, 0.5) is 0 Å². The molecule has 0 radical (unpaired) electrons. The van der Waals surface area contributed by atoms with Gasteiger partial charge in [0.15, 0.2) is 0 Å². The highest BCUT2D eigenvalue weighted by atomic mass is 14.1. The number of allylic oxidation sites excluding steroid dienone is 1. The quantitative estimate of drug-likeness (QED) is 0.603. The Morgan fingerprint density at radius 1 is 1.07 bits per heavy atom. The van der Waals surface area contributed by atoms with Crippen LogP contribution < -0.4 is 0 Å². The summed E-state index contributed by atoms with van der Waals surface area (Å²) < 4.78 is 0. The fraction of sp³-hybridized carbons (Fsp3) is 0.467. The third-order valence-corrected chi connectivity index (χ3v) is 2.69. The molecule has 0 aliphatic carbocycles. The van der Waals surface area contributed by atoms with E-state index in [0.717, 1.165) is 6.42 Å². The van der Waals surface area contributed by atoms with Crippen molar-refractivity contribution in [1.82, 2.24) is 0 Å². The number of hydrogen-bond donors (Lipinski definition) is 0. The van der Waals surface area contributed by atoms with Crippen molar-refractivity contribution in [2.75, 3.05) is 0 Å². The van der Waals surface area contributed by atoms with Crippen molar-refractivity contribution in [3.8, 4) is 0 Å². The second kappa shape index (κ2) is 6.44. The van der Waals surface area contributed by atoms with Crippen molar-refractivity contribution < 1.29 is 0 Å². The van der Waals surface area contributed by atoms with Gasteiger partial charge in [0.1, 0.15) is 0 Å². The average Bonchev–Trinajstić information content (AvgIpc) is 2.23.